The number of alkyl halides is 2. The molecule has 0 amide bonds. The van der Waals surface area contributed by atoms with Crippen molar-refractivity contribution in [2.75, 3.05) is 18.0 Å². The average molecular weight is 501 g/mol. The number of nitrogens with one attached hydrogen (secondary N) is 1. The standard InChI is InChI=1S/C23H16Cl2F2N6O/c1-12(20-17(24)8-29-9-18(20)25)34-15-2-3-19-16(5-15)21(32-31-19)14-4-13(6-28)22(30-7-14)33-10-23(26,27)11-33/h2-5,7-9,12H,10-11H2,1H3,(H,31,32)/t12-/m1/s1. The number of aromatic amines is 1. The minimum Gasteiger partial charge on any atom is -0.486 e. The topological polar surface area (TPSA) is 90.7 Å². The highest BCUT2D eigenvalue weighted by Crippen LogP contribution is 2.37. The van der Waals surface area contributed by atoms with E-state index in [4.69, 9.17) is 27.9 Å². The van der Waals surface area contributed by atoms with Crippen molar-refractivity contribution in [2.24, 2.45) is 0 Å². The number of halogens is 4. The minimum atomic E-state index is -2.76. The summed E-state index contributed by atoms with van der Waals surface area (Å²) in [7, 11) is 0. The maximum absolute atomic E-state index is 13.3. The number of benzene rings is 1. The van der Waals surface area contributed by atoms with Gasteiger partial charge in [-0.3, -0.25) is 10.1 Å². The summed E-state index contributed by atoms with van der Waals surface area (Å²) in [4.78, 5) is 9.62. The fourth-order valence-corrected chi connectivity index (χ4v) is 4.61. The first-order valence-electron chi connectivity index (χ1n) is 10.2. The van der Waals surface area contributed by atoms with E-state index in [0.29, 0.717) is 32.6 Å². The molecule has 4 heterocycles. The second-order valence-corrected chi connectivity index (χ2v) is 8.79. The Hall–Kier alpha value is -3.48. The maximum atomic E-state index is 13.3. The van der Waals surface area contributed by atoms with Gasteiger partial charge in [0.25, 0.3) is 5.92 Å². The van der Waals surface area contributed by atoms with Crippen LogP contribution in [0.5, 0.6) is 5.75 Å². The first kappa shape index (κ1) is 22.3. The molecule has 1 fully saturated rings. The molecule has 7 nitrogen and oxygen atoms in total. The molecule has 172 valence electrons. The van der Waals surface area contributed by atoms with Gasteiger partial charge in [0.2, 0.25) is 0 Å². The Bertz CT molecular complexity index is 1420. The number of H-pyrrole nitrogens is 1. The number of fused-ring (bicyclic) bond motifs is 1. The van der Waals surface area contributed by atoms with Crippen molar-refractivity contribution < 1.29 is 13.5 Å². The highest BCUT2D eigenvalue weighted by Gasteiger charge is 2.45. The van der Waals surface area contributed by atoms with Crippen molar-refractivity contribution in [1.82, 2.24) is 20.2 Å². The van der Waals surface area contributed by atoms with Crippen molar-refractivity contribution in [2.45, 2.75) is 19.0 Å². The lowest BCUT2D eigenvalue weighted by Crippen LogP contribution is -2.56. The summed E-state index contributed by atoms with van der Waals surface area (Å²) < 4.78 is 32.6. The highest BCUT2D eigenvalue weighted by molar-refractivity contribution is 6.35. The Kier molecular flexibility index (Phi) is 5.50. The van der Waals surface area contributed by atoms with Crippen LogP contribution in [-0.4, -0.2) is 39.2 Å². The van der Waals surface area contributed by atoms with Gasteiger partial charge in [0, 0.05) is 35.1 Å². The van der Waals surface area contributed by atoms with Crippen LogP contribution in [0.25, 0.3) is 22.2 Å². The summed E-state index contributed by atoms with van der Waals surface area (Å²) in [6.45, 7) is 0.919. The van der Waals surface area contributed by atoms with E-state index in [1.54, 1.807) is 12.1 Å². The number of aromatic nitrogens is 4. The Morgan fingerprint density at radius 2 is 1.91 bits per heavy atom. The van der Waals surface area contributed by atoms with E-state index in [1.165, 1.54) is 23.5 Å². The molecule has 1 aliphatic rings. The zero-order valence-corrected chi connectivity index (χ0v) is 19.2. The van der Waals surface area contributed by atoms with Gasteiger partial charge in [-0.1, -0.05) is 23.2 Å². The van der Waals surface area contributed by atoms with E-state index in [-0.39, 0.29) is 11.4 Å². The predicted molar refractivity (Wildman–Crippen MR) is 124 cm³/mol. The lowest BCUT2D eigenvalue weighted by atomic mass is 10.1. The van der Waals surface area contributed by atoms with Crippen LogP contribution in [0, 0.1) is 11.3 Å². The Morgan fingerprint density at radius 3 is 2.59 bits per heavy atom. The van der Waals surface area contributed by atoms with Gasteiger partial charge in [0.15, 0.2) is 0 Å². The van der Waals surface area contributed by atoms with E-state index >= 15 is 0 Å². The van der Waals surface area contributed by atoms with Crippen LogP contribution < -0.4 is 9.64 Å². The van der Waals surface area contributed by atoms with Crippen LogP contribution in [-0.2, 0) is 0 Å². The van der Waals surface area contributed by atoms with Gasteiger partial charge in [-0.2, -0.15) is 10.4 Å². The molecular formula is C23H16Cl2F2N6O. The second-order valence-electron chi connectivity index (χ2n) is 7.98. The van der Waals surface area contributed by atoms with E-state index in [1.807, 2.05) is 25.1 Å². The molecular weight excluding hydrogens is 485 g/mol. The highest BCUT2D eigenvalue weighted by atomic mass is 35.5. The molecule has 34 heavy (non-hydrogen) atoms. The first-order valence-corrected chi connectivity index (χ1v) is 11.0. The molecule has 1 saturated heterocycles. The van der Waals surface area contributed by atoms with E-state index in [9.17, 15) is 14.0 Å². The Balaban J connectivity index is 1.46. The van der Waals surface area contributed by atoms with Crippen LogP contribution in [0.4, 0.5) is 14.6 Å². The first-order chi connectivity index (χ1) is 16.3. The average Bonchev–Trinajstić information content (AvgIpc) is 3.20. The zero-order valence-electron chi connectivity index (χ0n) is 17.7. The number of nitriles is 1. The summed E-state index contributed by atoms with van der Waals surface area (Å²) in [5.74, 6) is -1.97. The van der Waals surface area contributed by atoms with Gasteiger partial charge >= 0.3 is 0 Å². The minimum absolute atomic E-state index is 0.201. The van der Waals surface area contributed by atoms with Crippen LogP contribution in [0.2, 0.25) is 10.0 Å². The number of rotatable bonds is 5. The number of nitrogens with zero attached hydrogens (tertiary/aromatic N) is 5. The summed E-state index contributed by atoms with van der Waals surface area (Å²) in [5.41, 5.74) is 2.70. The largest absolute Gasteiger partial charge is 0.486 e. The van der Waals surface area contributed by atoms with Gasteiger partial charge < -0.3 is 9.64 Å². The monoisotopic (exact) mass is 500 g/mol. The second kappa shape index (κ2) is 8.38. The molecule has 4 aromatic rings. The third kappa shape index (κ3) is 4.00. The number of ether oxygens (including phenoxy) is 1. The molecule has 0 radical (unpaired) electrons. The summed E-state index contributed by atoms with van der Waals surface area (Å²) in [6, 6.07) is 9.06. The molecule has 0 saturated carbocycles. The van der Waals surface area contributed by atoms with Crippen molar-refractivity contribution in [3.05, 3.63) is 64.0 Å². The van der Waals surface area contributed by atoms with E-state index < -0.39 is 25.1 Å². The van der Waals surface area contributed by atoms with Crippen LogP contribution in [0.1, 0.15) is 24.2 Å². The molecule has 1 aliphatic heterocycles. The van der Waals surface area contributed by atoms with Gasteiger partial charge in [-0.25, -0.2) is 13.8 Å². The summed E-state index contributed by atoms with van der Waals surface area (Å²) in [5, 5.41) is 18.4. The Labute approximate surface area is 202 Å². The van der Waals surface area contributed by atoms with Crippen LogP contribution in [0.3, 0.4) is 0 Å². The third-order valence-electron chi connectivity index (χ3n) is 5.55. The van der Waals surface area contributed by atoms with Crippen LogP contribution >= 0.6 is 23.2 Å². The summed E-state index contributed by atoms with van der Waals surface area (Å²) in [6.07, 6.45) is 4.08. The van der Waals surface area contributed by atoms with E-state index in [0.717, 1.165) is 10.9 Å². The maximum Gasteiger partial charge on any atom is 0.282 e. The molecule has 1 N–H and O–H groups in total. The normalized spacial score (nSPS) is 15.6. The molecule has 5 rings (SSSR count). The lowest BCUT2D eigenvalue weighted by molar-refractivity contribution is -0.0267. The number of hydrogen-bond donors (Lipinski definition) is 1. The van der Waals surface area contributed by atoms with Gasteiger partial charge in [-0.15, -0.1) is 0 Å². The summed E-state index contributed by atoms with van der Waals surface area (Å²) >= 11 is 12.5. The van der Waals surface area contributed by atoms with Crippen molar-refractivity contribution in [3.63, 3.8) is 0 Å². The SMILES string of the molecule is C[C@@H](Oc1ccc2[nH]nc(-c3cnc(N4CC(F)(F)C4)c(C#N)c3)c2c1)c1c(Cl)cncc1Cl. The van der Waals surface area contributed by atoms with Gasteiger partial charge in [0.1, 0.15) is 29.4 Å². The molecule has 0 bridgehead atoms. The molecule has 3 aromatic heterocycles. The van der Waals surface area contributed by atoms with Crippen LogP contribution in [0.15, 0.2) is 42.9 Å². The number of anilines is 1. The van der Waals surface area contributed by atoms with E-state index in [2.05, 4.69) is 20.2 Å². The molecule has 0 spiro atoms. The fourth-order valence-electron chi connectivity index (χ4n) is 3.94. The number of pyridine rings is 2. The Morgan fingerprint density at radius 1 is 1.18 bits per heavy atom. The van der Waals surface area contributed by atoms with Gasteiger partial charge in [0.05, 0.1) is 34.2 Å². The lowest BCUT2D eigenvalue weighted by Gasteiger charge is -2.39. The molecule has 11 heteroatoms. The van der Waals surface area contributed by atoms with Gasteiger partial charge in [-0.05, 0) is 31.2 Å². The smallest absolute Gasteiger partial charge is 0.282 e. The third-order valence-corrected chi connectivity index (χ3v) is 6.15. The van der Waals surface area contributed by atoms with Crippen molar-refractivity contribution in [1.29, 1.82) is 5.26 Å². The zero-order chi connectivity index (χ0) is 24.0. The molecule has 0 unspecified atom stereocenters. The molecule has 1 aromatic carbocycles. The fraction of sp³-hybridized carbons (Fsp3) is 0.217. The predicted octanol–water partition coefficient (Wildman–Crippen LogP) is 5.79. The quantitative estimate of drug-likeness (QED) is 0.372. The number of hydrogen-bond acceptors (Lipinski definition) is 6. The molecule has 1 atom stereocenters. The van der Waals surface area contributed by atoms with Crippen molar-refractivity contribution in [3.8, 4) is 23.1 Å². The molecule has 0 aliphatic carbocycles. The van der Waals surface area contributed by atoms with Crippen molar-refractivity contribution >= 4 is 39.9 Å².